The first-order valence-corrected chi connectivity index (χ1v) is 9.45. The lowest BCUT2D eigenvalue weighted by Crippen LogP contribution is -2.39. The molecule has 0 saturated heterocycles. The molecule has 7 heteroatoms. The molecule has 0 fully saturated rings. The van der Waals surface area contributed by atoms with Gasteiger partial charge in [-0.2, -0.15) is 0 Å². The average molecular weight is 378 g/mol. The lowest BCUT2D eigenvalue weighted by atomic mass is 10.0. The van der Waals surface area contributed by atoms with Gasteiger partial charge in [0.2, 0.25) is 5.78 Å². The molecule has 0 bridgehead atoms. The van der Waals surface area contributed by atoms with Crippen molar-refractivity contribution in [2.75, 3.05) is 17.6 Å². The van der Waals surface area contributed by atoms with Gasteiger partial charge in [0.25, 0.3) is 0 Å². The summed E-state index contributed by atoms with van der Waals surface area (Å²) in [6, 6.07) is 12.9. The van der Waals surface area contributed by atoms with Gasteiger partial charge >= 0.3 is 6.03 Å². The molecule has 1 aromatic heterocycles. The van der Waals surface area contributed by atoms with Gasteiger partial charge in [-0.3, -0.25) is 9.78 Å². The third kappa shape index (κ3) is 3.54. The van der Waals surface area contributed by atoms with E-state index in [9.17, 15) is 9.59 Å². The van der Waals surface area contributed by atoms with E-state index in [-0.39, 0.29) is 11.8 Å². The van der Waals surface area contributed by atoms with Gasteiger partial charge in [0.1, 0.15) is 0 Å². The van der Waals surface area contributed by atoms with E-state index in [1.54, 1.807) is 28.6 Å². The van der Waals surface area contributed by atoms with Crippen LogP contribution in [0.4, 0.5) is 16.2 Å². The standard InChI is InChI=1S/C20H18N4O2S/c21-16-9-14(19(25)18-10-22-12-27-18)5-6-17(16)23-20(26)24-8-7-13-3-1-2-4-15(13)11-24/h1-6,9-10,12H,7-8,11,21H2,(H,23,26). The van der Waals surface area contributed by atoms with Gasteiger partial charge in [-0.1, -0.05) is 24.3 Å². The van der Waals surface area contributed by atoms with E-state index in [0.717, 1.165) is 12.0 Å². The summed E-state index contributed by atoms with van der Waals surface area (Å²) in [6.07, 6.45) is 2.37. The smallest absolute Gasteiger partial charge is 0.322 e. The van der Waals surface area contributed by atoms with E-state index in [1.165, 1.54) is 23.1 Å². The first-order valence-electron chi connectivity index (χ1n) is 8.57. The molecule has 6 nitrogen and oxygen atoms in total. The second kappa shape index (κ2) is 7.20. The summed E-state index contributed by atoms with van der Waals surface area (Å²) in [5.41, 5.74) is 11.5. The van der Waals surface area contributed by atoms with Crippen LogP contribution < -0.4 is 11.1 Å². The van der Waals surface area contributed by atoms with E-state index in [2.05, 4.69) is 16.4 Å². The van der Waals surface area contributed by atoms with Crippen LogP contribution in [0.1, 0.15) is 26.4 Å². The molecule has 2 amide bonds. The predicted octanol–water partition coefficient (Wildman–Crippen LogP) is 3.55. The van der Waals surface area contributed by atoms with Crippen molar-refractivity contribution in [2.24, 2.45) is 0 Å². The Morgan fingerprint density at radius 2 is 1.96 bits per heavy atom. The summed E-state index contributed by atoms with van der Waals surface area (Å²) in [5, 5.41) is 2.85. The number of nitrogens with zero attached hydrogens (tertiary/aromatic N) is 2. The molecule has 3 aromatic rings. The molecular formula is C20H18N4O2S. The Morgan fingerprint density at radius 3 is 2.70 bits per heavy atom. The number of thiazole rings is 1. The quantitative estimate of drug-likeness (QED) is 0.539. The third-order valence-electron chi connectivity index (χ3n) is 4.63. The fourth-order valence-corrected chi connectivity index (χ4v) is 3.73. The van der Waals surface area contributed by atoms with E-state index in [0.29, 0.717) is 34.9 Å². The fourth-order valence-electron chi connectivity index (χ4n) is 3.15. The molecule has 0 spiro atoms. The lowest BCUT2D eigenvalue weighted by Gasteiger charge is -2.29. The van der Waals surface area contributed by atoms with Crippen LogP contribution in [0, 0.1) is 0 Å². The highest BCUT2D eigenvalue weighted by Gasteiger charge is 2.21. The fraction of sp³-hybridized carbons (Fsp3) is 0.150. The summed E-state index contributed by atoms with van der Waals surface area (Å²) in [6.45, 7) is 1.23. The molecule has 1 aliphatic heterocycles. The van der Waals surface area contributed by atoms with Crippen LogP contribution >= 0.6 is 11.3 Å². The number of carbonyl (C=O) groups excluding carboxylic acids is 2. The lowest BCUT2D eigenvalue weighted by molar-refractivity contribution is 0.104. The van der Waals surface area contributed by atoms with Crippen molar-refractivity contribution in [2.45, 2.75) is 13.0 Å². The van der Waals surface area contributed by atoms with Crippen molar-refractivity contribution in [1.82, 2.24) is 9.88 Å². The number of carbonyl (C=O) groups is 2. The Labute approximate surface area is 160 Å². The van der Waals surface area contributed by atoms with Crippen molar-refractivity contribution in [1.29, 1.82) is 0 Å². The normalized spacial score (nSPS) is 13.1. The summed E-state index contributed by atoms with van der Waals surface area (Å²) in [7, 11) is 0. The number of aromatic nitrogens is 1. The molecular weight excluding hydrogens is 360 g/mol. The van der Waals surface area contributed by atoms with Crippen LogP contribution in [0.5, 0.6) is 0 Å². The van der Waals surface area contributed by atoms with Crippen LogP contribution in [-0.4, -0.2) is 28.2 Å². The number of fused-ring (bicyclic) bond motifs is 1. The molecule has 3 N–H and O–H groups in total. The highest BCUT2D eigenvalue weighted by Crippen LogP contribution is 2.24. The number of benzene rings is 2. The SMILES string of the molecule is Nc1cc(C(=O)c2cncs2)ccc1NC(=O)N1CCc2ccccc2C1. The van der Waals surface area contributed by atoms with Crippen LogP contribution in [0.15, 0.2) is 54.2 Å². The molecule has 2 aromatic carbocycles. The molecule has 2 heterocycles. The highest BCUT2D eigenvalue weighted by molar-refractivity contribution is 7.11. The van der Waals surface area contributed by atoms with E-state index in [4.69, 9.17) is 5.73 Å². The Bertz CT molecular complexity index is 1000. The van der Waals surface area contributed by atoms with Gasteiger partial charge in [-0.25, -0.2) is 4.79 Å². The zero-order valence-corrected chi connectivity index (χ0v) is 15.3. The van der Waals surface area contributed by atoms with E-state index in [1.807, 2.05) is 18.2 Å². The van der Waals surface area contributed by atoms with E-state index < -0.39 is 0 Å². The Hall–Kier alpha value is -3.19. The largest absolute Gasteiger partial charge is 0.397 e. The first-order chi connectivity index (χ1) is 13.1. The molecule has 0 aliphatic carbocycles. The number of rotatable bonds is 3. The number of ketones is 1. The summed E-state index contributed by atoms with van der Waals surface area (Å²) >= 11 is 1.28. The summed E-state index contributed by atoms with van der Waals surface area (Å²) in [5.74, 6) is -0.130. The number of anilines is 2. The minimum atomic E-state index is -0.197. The van der Waals surface area contributed by atoms with Crippen molar-refractivity contribution >= 4 is 34.5 Å². The number of nitrogens with two attached hydrogens (primary N) is 1. The Morgan fingerprint density at radius 1 is 1.15 bits per heavy atom. The van der Waals surface area contributed by atoms with Crippen molar-refractivity contribution in [3.63, 3.8) is 0 Å². The zero-order valence-electron chi connectivity index (χ0n) is 14.5. The van der Waals surface area contributed by atoms with Gasteiger partial charge in [0, 0.05) is 24.8 Å². The summed E-state index contributed by atoms with van der Waals surface area (Å²) < 4.78 is 0. The average Bonchev–Trinajstić information content (AvgIpc) is 3.23. The Kier molecular flexibility index (Phi) is 4.60. The molecule has 27 heavy (non-hydrogen) atoms. The maximum atomic E-state index is 12.6. The number of nitrogens with one attached hydrogen (secondary N) is 1. The molecule has 136 valence electrons. The van der Waals surface area contributed by atoms with Crippen molar-refractivity contribution in [3.8, 4) is 0 Å². The summed E-state index contributed by atoms with van der Waals surface area (Å²) in [4.78, 5) is 31.2. The van der Waals surface area contributed by atoms with Crippen LogP contribution in [-0.2, 0) is 13.0 Å². The van der Waals surface area contributed by atoms with Gasteiger partial charge in [0.05, 0.1) is 21.8 Å². The molecule has 0 radical (unpaired) electrons. The van der Waals surface area contributed by atoms with Crippen molar-refractivity contribution in [3.05, 3.63) is 75.7 Å². The van der Waals surface area contributed by atoms with Gasteiger partial charge in [-0.15, -0.1) is 11.3 Å². The van der Waals surface area contributed by atoms with Crippen molar-refractivity contribution < 1.29 is 9.59 Å². The minimum Gasteiger partial charge on any atom is -0.397 e. The molecule has 0 atom stereocenters. The molecule has 0 unspecified atom stereocenters. The number of hydrogen-bond acceptors (Lipinski definition) is 5. The van der Waals surface area contributed by atoms with E-state index >= 15 is 0 Å². The minimum absolute atomic E-state index is 0.130. The maximum absolute atomic E-state index is 12.6. The maximum Gasteiger partial charge on any atom is 0.322 e. The third-order valence-corrected chi connectivity index (χ3v) is 5.40. The number of nitrogen functional groups attached to an aromatic ring is 1. The van der Waals surface area contributed by atoms with Crippen LogP contribution in [0.3, 0.4) is 0 Å². The zero-order chi connectivity index (χ0) is 18.8. The number of urea groups is 1. The van der Waals surface area contributed by atoms with Gasteiger partial charge in [-0.05, 0) is 35.7 Å². The second-order valence-electron chi connectivity index (χ2n) is 6.37. The molecule has 1 aliphatic rings. The molecule has 4 rings (SSSR count). The number of amides is 2. The first kappa shape index (κ1) is 17.2. The highest BCUT2D eigenvalue weighted by atomic mass is 32.1. The topological polar surface area (TPSA) is 88.3 Å². The van der Waals surface area contributed by atoms with Crippen LogP contribution in [0.25, 0.3) is 0 Å². The second-order valence-corrected chi connectivity index (χ2v) is 7.25. The van der Waals surface area contributed by atoms with Gasteiger partial charge < -0.3 is 16.0 Å². The van der Waals surface area contributed by atoms with Crippen LogP contribution in [0.2, 0.25) is 0 Å². The number of hydrogen-bond donors (Lipinski definition) is 2. The predicted molar refractivity (Wildman–Crippen MR) is 106 cm³/mol. The van der Waals surface area contributed by atoms with Gasteiger partial charge in [0.15, 0.2) is 0 Å². The Balaban J connectivity index is 1.47. The monoisotopic (exact) mass is 378 g/mol. The molecule has 0 saturated carbocycles.